The van der Waals surface area contributed by atoms with Crippen molar-refractivity contribution in [1.82, 2.24) is 5.32 Å². The number of carbonyl (C=O) groups is 1. The highest BCUT2D eigenvalue weighted by Gasteiger charge is 2.45. The molecule has 0 bridgehead atoms. The van der Waals surface area contributed by atoms with Gasteiger partial charge < -0.3 is 24.3 Å². The lowest BCUT2D eigenvalue weighted by molar-refractivity contribution is -0.128. The van der Waals surface area contributed by atoms with Gasteiger partial charge in [0.15, 0.2) is 0 Å². The third kappa shape index (κ3) is 5.93. The zero-order chi connectivity index (χ0) is 22.9. The Morgan fingerprint density at radius 1 is 1.16 bits per heavy atom. The molecule has 0 atom stereocenters. The smallest absolute Gasteiger partial charge is 0.293 e. The Morgan fingerprint density at radius 3 is 2.35 bits per heavy atom. The second-order valence-corrected chi connectivity index (χ2v) is 8.10. The summed E-state index contributed by atoms with van der Waals surface area (Å²) in [5.74, 6) is 1.91. The van der Waals surface area contributed by atoms with Crippen molar-refractivity contribution >= 4 is 23.6 Å². The number of hydrogen-bond acceptors (Lipinski definition) is 6. The third-order valence-electron chi connectivity index (χ3n) is 6.00. The molecule has 174 valence electrons. The van der Waals surface area contributed by atoms with Gasteiger partial charge in [0.05, 0.1) is 32.0 Å². The maximum absolute atomic E-state index is 9.18. The Bertz CT molecular complexity index is 757. The molecule has 1 aromatic rings. The van der Waals surface area contributed by atoms with Gasteiger partial charge in [-0.15, -0.1) is 0 Å². The molecule has 0 amide bonds. The lowest BCUT2D eigenvalue weighted by Gasteiger charge is -2.38. The van der Waals surface area contributed by atoms with Crippen molar-refractivity contribution in [1.29, 1.82) is 0 Å². The zero-order valence-electron chi connectivity index (χ0n) is 19.4. The molecule has 1 heterocycles. The van der Waals surface area contributed by atoms with Crippen molar-refractivity contribution in [3.05, 3.63) is 34.0 Å². The molecule has 2 aliphatic rings. The first-order valence-electron chi connectivity index (χ1n) is 11.1. The van der Waals surface area contributed by atoms with Crippen molar-refractivity contribution in [3.63, 3.8) is 0 Å². The van der Waals surface area contributed by atoms with Gasteiger partial charge in [0.25, 0.3) is 6.47 Å². The second-order valence-electron chi connectivity index (χ2n) is 7.66. The van der Waals surface area contributed by atoms with E-state index in [0.717, 1.165) is 60.7 Å². The molecule has 0 aromatic heterocycles. The summed E-state index contributed by atoms with van der Waals surface area (Å²) in [6.45, 7) is 8.22. The maximum atomic E-state index is 9.18. The molecular weight excluding hydrogens is 418 g/mol. The standard InChI is InChI=1S/C21H30ClNO3.C3H6O2/c1-5-14-11-15(22)12-18(26-6-2)19(14)17-13-23-21(20(17)25-4)9-7-16(24-3)8-10-21;1-2-5-3-4/h11-12,16,23H,5-10,13H2,1-4H3;3H,2H2,1H3. The van der Waals surface area contributed by atoms with E-state index in [1.165, 1.54) is 11.1 Å². The largest absolute Gasteiger partial charge is 0.499 e. The summed E-state index contributed by atoms with van der Waals surface area (Å²) in [5, 5.41) is 4.48. The molecule has 1 fully saturated rings. The average molecular weight is 454 g/mol. The van der Waals surface area contributed by atoms with Crippen molar-refractivity contribution < 1.29 is 23.7 Å². The molecule has 1 spiro atoms. The highest BCUT2D eigenvalue weighted by atomic mass is 35.5. The van der Waals surface area contributed by atoms with Crippen molar-refractivity contribution in [2.24, 2.45) is 0 Å². The summed E-state index contributed by atoms with van der Waals surface area (Å²) in [6, 6.07) is 3.97. The maximum Gasteiger partial charge on any atom is 0.293 e. The van der Waals surface area contributed by atoms with Crippen LogP contribution in [-0.2, 0) is 25.4 Å². The molecule has 0 unspecified atom stereocenters. The van der Waals surface area contributed by atoms with Crippen LogP contribution in [0.4, 0.5) is 0 Å². The first kappa shape index (κ1) is 25.5. The van der Waals surface area contributed by atoms with Crippen molar-refractivity contribution in [2.45, 2.75) is 64.5 Å². The monoisotopic (exact) mass is 453 g/mol. The summed E-state index contributed by atoms with van der Waals surface area (Å²) in [7, 11) is 3.59. The third-order valence-corrected chi connectivity index (χ3v) is 6.22. The molecule has 0 radical (unpaired) electrons. The molecule has 0 saturated heterocycles. The van der Waals surface area contributed by atoms with Gasteiger partial charge >= 0.3 is 0 Å². The fourth-order valence-corrected chi connectivity index (χ4v) is 4.78. The quantitative estimate of drug-likeness (QED) is 0.572. The van der Waals surface area contributed by atoms with Crippen LogP contribution in [0.1, 0.15) is 57.6 Å². The minimum absolute atomic E-state index is 0.0900. The number of nitrogens with one attached hydrogen (secondary N) is 1. The number of ether oxygens (including phenoxy) is 4. The van der Waals surface area contributed by atoms with Gasteiger partial charge in [-0.3, -0.25) is 4.79 Å². The van der Waals surface area contributed by atoms with Crippen LogP contribution >= 0.6 is 11.6 Å². The first-order valence-corrected chi connectivity index (χ1v) is 11.4. The van der Waals surface area contributed by atoms with E-state index < -0.39 is 0 Å². The predicted octanol–water partition coefficient (Wildman–Crippen LogP) is 4.77. The summed E-state index contributed by atoms with van der Waals surface area (Å²) < 4.78 is 21.7. The van der Waals surface area contributed by atoms with E-state index >= 15 is 0 Å². The summed E-state index contributed by atoms with van der Waals surface area (Å²) in [5.41, 5.74) is 3.47. The van der Waals surface area contributed by atoms with E-state index in [1.807, 2.05) is 19.1 Å². The van der Waals surface area contributed by atoms with Crippen LogP contribution in [0.15, 0.2) is 17.9 Å². The van der Waals surface area contributed by atoms with Crippen LogP contribution in [0.2, 0.25) is 5.02 Å². The van der Waals surface area contributed by atoms with E-state index in [9.17, 15) is 4.79 Å². The van der Waals surface area contributed by atoms with Gasteiger partial charge in [0.2, 0.25) is 0 Å². The van der Waals surface area contributed by atoms with Crippen LogP contribution in [0.5, 0.6) is 5.75 Å². The average Bonchev–Trinajstić information content (AvgIpc) is 3.12. The molecule has 1 N–H and O–H groups in total. The van der Waals surface area contributed by atoms with Gasteiger partial charge in [0.1, 0.15) is 11.5 Å². The van der Waals surface area contributed by atoms with E-state index in [0.29, 0.717) is 25.8 Å². The lowest BCUT2D eigenvalue weighted by Crippen LogP contribution is -2.47. The number of halogens is 1. The molecule has 31 heavy (non-hydrogen) atoms. The van der Waals surface area contributed by atoms with Crippen LogP contribution in [0.3, 0.4) is 0 Å². The topological polar surface area (TPSA) is 66.0 Å². The summed E-state index contributed by atoms with van der Waals surface area (Å²) in [6.07, 6.45) is 5.39. The van der Waals surface area contributed by atoms with E-state index in [1.54, 1.807) is 21.1 Å². The minimum Gasteiger partial charge on any atom is -0.499 e. The Kier molecular flexibility index (Phi) is 10.1. The fraction of sp³-hybridized carbons (Fsp3) is 0.625. The normalized spacial score (nSPS) is 22.7. The van der Waals surface area contributed by atoms with E-state index in [-0.39, 0.29) is 5.54 Å². The van der Waals surface area contributed by atoms with Gasteiger partial charge in [-0.2, -0.15) is 0 Å². The number of carbonyl (C=O) groups excluding carboxylic acids is 1. The fourth-order valence-electron chi connectivity index (χ4n) is 4.55. The van der Waals surface area contributed by atoms with E-state index in [2.05, 4.69) is 17.0 Å². The Balaban J connectivity index is 0.000000614. The van der Waals surface area contributed by atoms with Gasteiger partial charge in [-0.05, 0) is 63.6 Å². The first-order chi connectivity index (χ1) is 15.0. The molecule has 6 nitrogen and oxygen atoms in total. The van der Waals surface area contributed by atoms with Crippen molar-refractivity contribution in [3.8, 4) is 5.75 Å². The van der Waals surface area contributed by atoms with Gasteiger partial charge in [-0.25, -0.2) is 0 Å². The Morgan fingerprint density at radius 2 is 1.87 bits per heavy atom. The minimum atomic E-state index is -0.0900. The molecule has 1 saturated carbocycles. The molecular formula is C24H36ClNO5. The SMILES string of the molecule is CCOC=O.CCOc1cc(Cl)cc(CC)c1C1=C(OC)C2(CCC(OC)CC2)NC1. The number of benzene rings is 1. The van der Waals surface area contributed by atoms with Crippen LogP contribution in [0, 0.1) is 0 Å². The van der Waals surface area contributed by atoms with Crippen molar-refractivity contribution in [2.75, 3.05) is 34.0 Å². The van der Waals surface area contributed by atoms with Crippen LogP contribution < -0.4 is 10.1 Å². The van der Waals surface area contributed by atoms with E-state index in [4.69, 9.17) is 25.8 Å². The second kappa shape index (κ2) is 12.3. The highest BCUT2D eigenvalue weighted by Crippen LogP contribution is 2.45. The molecule has 7 heteroatoms. The number of rotatable bonds is 8. The Labute approximate surface area is 191 Å². The summed E-state index contributed by atoms with van der Waals surface area (Å²) >= 11 is 6.33. The van der Waals surface area contributed by atoms with Crippen LogP contribution in [0.25, 0.3) is 5.57 Å². The lowest BCUT2D eigenvalue weighted by atomic mass is 9.79. The Hall–Kier alpha value is -1.76. The number of hydrogen-bond donors (Lipinski definition) is 1. The van der Waals surface area contributed by atoms with Crippen LogP contribution in [-0.4, -0.2) is 52.1 Å². The molecule has 1 aliphatic carbocycles. The van der Waals surface area contributed by atoms with Gasteiger partial charge in [-0.1, -0.05) is 18.5 Å². The number of methoxy groups -OCH3 is 2. The molecule has 1 aliphatic heterocycles. The predicted molar refractivity (Wildman–Crippen MR) is 124 cm³/mol. The molecule has 3 rings (SSSR count). The summed E-state index contributed by atoms with van der Waals surface area (Å²) in [4.78, 5) is 9.18. The van der Waals surface area contributed by atoms with Gasteiger partial charge in [0, 0.05) is 29.8 Å². The zero-order valence-corrected chi connectivity index (χ0v) is 20.1. The molecule has 1 aromatic carbocycles. The number of aryl methyl sites for hydroxylation is 1. The highest BCUT2D eigenvalue weighted by molar-refractivity contribution is 6.30.